The van der Waals surface area contributed by atoms with Gasteiger partial charge in [-0.1, -0.05) is 27.2 Å². The molecule has 3 nitrogen and oxygen atoms in total. The van der Waals surface area contributed by atoms with Gasteiger partial charge in [-0.05, 0) is 12.8 Å². The van der Waals surface area contributed by atoms with Crippen molar-refractivity contribution < 1.29 is 5.11 Å². The van der Waals surface area contributed by atoms with Crippen molar-refractivity contribution in [3.63, 3.8) is 0 Å². The molecule has 1 fully saturated rings. The molecule has 0 radical (unpaired) electrons. The van der Waals surface area contributed by atoms with E-state index in [4.69, 9.17) is 0 Å². The number of aliphatic hydroxyl groups excluding tert-OH is 1. The van der Waals surface area contributed by atoms with Gasteiger partial charge in [-0.25, -0.2) is 0 Å². The highest BCUT2D eigenvalue weighted by Crippen LogP contribution is 2.37. The molecule has 0 aromatic carbocycles. The second kappa shape index (κ2) is 5.83. The fourth-order valence-electron chi connectivity index (χ4n) is 2.38. The molecule has 0 spiro atoms. The molecule has 0 amide bonds. The Hall–Kier alpha value is -0.120. The van der Waals surface area contributed by atoms with E-state index in [1.807, 2.05) is 0 Å². The Morgan fingerprint density at radius 1 is 1.40 bits per heavy atom. The molecule has 0 aromatic rings. The van der Waals surface area contributed by atoms with Gasteiger partial charge in [-0.2, -0.15) is 0 Å². The zero-order valence-corrected chi connectivity index (χ0v) is 10.3. The Bertz CT molecular complexity index is 184. The molecule has 1 aliphatic carbocycles. The molecule has 3 N–H and O–H groups in total. The summed E-state index contributed by atoms with van der Waals surface area (Å²) in [4.78, 5) is 0. The van der Waals surface area contributed by atoms with Crippen LogP contribution < -0.4 is 10.6 Å². The topological polar surface area (TPSA) is 44.3 Å². The van der Waals surface area contributed by atoms with E-state index in [2.05, 4.69) is 31.4 Å². The first-order valence-electron chi connectivity index (χ1n) is 6.16. The van der Waals surface area contributed by atoms with Crippen LogP contribution in [0.3, 0.4) is 0 Å². The highest BCUT2D eigenvalue weighted by molar-refractivity contribution is 4.92. The van der Waals surface area contributed by atoms with E-state index in [0.29, 0.717) is 18.7 Å². The van der Waals surface area contributed by atoms with E-state index >= 15 is 0 Å². The summed E-state index contributed by atoms with van der Waals surface area (Å²) in [6.45, 7) is 8.82. The fraction of sp³-hybridized carbons (Fsp3) is 1.00. The van der Waals surface area contributed by atoms with Gasteiger partial charge >= 0.3 is 0 Å². The van der Waals surface area contributed by atoms with Crippen LogP contribution in [0.1, 0.15) is 40.0 Å². The zero-order valence-electron chi connectivity index (χ0n) is 10.3. The lowest BCUT2D eigenvalue weighted by Crippen LogP contribution is -2.44. The standard InChI is InChI=1S/C12H26N2O/c1-10(2)13-7-8-14-11-5-4-6-12(11,3)9-15/h10-11,13-15H,4-9H2,1-3H3. The molecule has 0 heterocycles. The van der Waals surface area contributed by atoms with Gasteiger partial charge in [0.2, 0.25) is 0 Å². The van der Waals surface area contributed by atoms with E-state index in [1.54, 1.807) is 0 Å². The summed E-state index contributed by atoms with van der Waals surface area (Å²) in [5.74, 6) is 0. The molecular formula is C12H26N2O. The number of hydrogen-bond acceptors (Lipinski definition) is 3. The van der Waals surface area contributed by atoms with Crippen LogP contribution in [-0.2, 0) is 0 Å². The Morgan fingerprint density at radius 2 is 2.13 bits per heavy atom. The van der Waals surface area contributed by atoms with E-state index < -0.39 is 0 Å². The highest BCUT2D eigenvalue weighted by atomic mass is 16.3. The first-order chi connectivity index (χ1) is 7.08. The third-order valence-corrected chi connectivity index (χ3v) is 3.51. The number of nitrogens with one attached hydrogen (secondary N) is 2. The van der Waals surface area contributed by atoms with Gasteiger partial charge in [0.15, 0.2) is 0 Å². The quantitative estimate of drug-likeness (QED) is 0.581. The number of hydrogen-bond donors (Lipinski definition) is 3. The first-order valence-corrected chi connectivity index (χ1v) is 6.16. The molecular weight excluding hydrogens is 188 g/mol. The second-order valence-corrected chi connectivity index (χ2v) is 5.32. The lowest BCUT2D eigenvalue weighted by Gasteiger charge is -2.30. The smallest absolute Gasteiger partial charge is 0.0499 e. The van der Waals surface area contributed by atoms with E-state index in [9.17, 15) is 5.11 Å². The Kier molecular flexibility index (Phi) is 5.03. The molecule has 0 bridgehead atoms. The van der Waals surface area contributed by atoms with Crippen molar-refractivity contribution in [2.75, 3.05) is 19.7 Å². The summed E-state index contributed by atoms with van der Waals surface area (Å²) in [5.41, 5.74) is 0.109. The Labute approximate surface area is 93.6 Å². The van der Waals surface area contributed by atoms with Crippen molar-refractivity contribution in [1.29, 1.82) is 0 Å². The van der Waals surface area contributed by atoms with Gasteiger partial charge < -0.3 is 15.7 Å². The predicted octanol–water partition coefficient (Wildman–Crippen LogP) is 1.13. The maximum absolute atomic E-state index is 9.38. The van der Waals surface area contributed by atoms with Gasteiger partial charge in [0, 0.05) is 37.2 Å². The average molecular weight is 214 g/mol. The van der Waals surface area contributed by atoms with Gasteiger partial charge in [-0.3, -0.25) is 0 Å². The summed E-state index contributed by atoms with van der Waals surface area (Å²) in [5, 5.41) is 16.3. The fourth-order valence-corrected chi connectivity index (χ4v) is 2.38. The Morgan fingerprint density at radius 3 is 2.73 bits per heavy atom. The maximum atomic E-state index is 9.38. The minimum Gasteiger partial charge on any atom is -0.396 e. The molecule has 90 valence electrons. The third kappa shape index (κ3) is 3.74. The van der Waals surface area contributed by atoms with Crippen LogP contribution in [0, 0.1) is 5.41 Å². The van der Waals surface area contributed by atoms with E-state index in [0.717, 1.165) is 19.5 Å². The van der Waals surface area contributed by atoms with Crippen molar-refractivity contribution >= 4 is 0 Å². The van der Waals surface area contributed by atoms with Crippen LogP contribution in [0.2, 0.25) is 0 Å². The van der Waals surface area contributed by atoms with Gasteiger partial charge in [0.05, 0.1) is 0 Å². The maximum Gasteiger partial charge on any atom is 0.0499 e. The third-order valence-electron chi connectivity index (χ3n) is 3.51. The van der Waals surface area contributed by atoms with E-state index in [-0.39, 0.29) is 5.41 Å². The van der Waals surface area contributed by atoms with Crippen molar-refractivity contribution in [2.24, 2.45) is 5.41 Å². The van der Waals surface area contributed by atoms with Gasteiger partial charge in [-0.15, -0.1) is 0 Å². The predicted molar refractivity (Wildman–Crippen MR) is 64.0 cm³/mol. The van der Waals surface area contributed by atoms with Crippen LogP contribution in [0.25, 0.3) is 0 Å². The highest BCUT2D eigenvalue weighted by Gasteiger charge is 2.37. The molecule has 1 rings (SSSR count). The SMILES string of the molecule is CC(C)NCCNC1CCCC1(C)CO. The molecule has 0 aromatic heterocycles. The summed E-state index contributed by atoms with van der Waals surface area (Å²) in [6, 6.07) is 1.05. The lowest BCUT2D eigenvalue weighted by molar-refractivity contribution is 0.119. The van der Waals surface area contributed by atoms with Crippen LogP contribution in [-0.4, -0.2) is 36.9 Å². The molecule has 1 saturated carbocycles. The van der Waals surface area contributed by atoms with Crippen LogP contribution >= 0.6 is 0 Å². The minimum atomic E-state index is 0.109. The van der Waals surface area contributed by atoms with Crippen LogP contribution in [0.15, 0.2) is 0 Å². The summed E-state index contributed by atoms with van der Waals surface area (Å²) in [7, 11) is 0. The monoisotopic (exact) mass is 214 g/mol. The van der Waals surface area contributed by atoms with Crippen molar-refractivity contribution in [2.45, 2.75) is 52.1 Å². The van der Waals surface area contributed by atoms with E-state index in [1.165, 1.54) is 12.8 Å². The van der Waals surface area contributed by atoms with Crippen LogP contribution in [0.4, 0.5) is 0 Å². The molecule has 2 unspecified atom stereocenters. The van der Waals surface area contributed by atoms with Crippen molar-refractivity contribution in [1.82, 2.24) is 10.6 Å². The number of aliphatic hydroxyl groups is 1. The Balaban J connectivity index is 2.20. The average Bonchev–Trinajstić information content (AvgIpc) is 2.56. The molecule has 0 saturated heterocycles. The van der Waals surface area contributed by atoms with Gasteiger partial charge in [0.1, 0.15) is 0 Å². The zero-order chi connectivity index (χ0) is 11.3. The normalized spacial score (nSPS) is 31.4. The second-order valence-electron chi connectivity index (χ2n) is 5.32. The summed E-state index contributed by atoms with van der Waals surface area (Å²) < 4.78 is 0. The molecule has 0 aliphatic heterocycles. The lowest BCUT2D eigenvalue weighted by atomic mass is 9.86. The van der Waals surface area contributed by atoms with Crippen molar-refractivity contribution in [3.8, 4) is 0 Å². The first kappa shape index (κ1) is 12.9. The molecule has 3 heteroatoms. The van der Waals surface area contributed by atoms with Crippen molar-refractivity contribution in [3.05, 3.63) is 0 Å². The molecule has 15 heavy (non-hydrogen) atoms. The largest absolute Gasteiger partial charge is 0.396 e. The minimum absolute atomic E-state index is 0.109. The number of rotatable bonds is 6. The molecule has 2 atom stereocenters. The van der Waals surface area contributed by atoms with Gasteiger partial charge in [0.25, 0.3) is 0 Å². The summed E-state index contributed by atoms with van der Waals surface area (Å²) in [6.07, 6.45) is 3.60. The molecule has 1 aliphatic rings. The van der Waals surface area contributed by atoms with Crippen LogP contribution in [0.5, 0.6) is 0 Å². The summed E-state index contributed by atoms with van der Waals surface area (Å²) >= 11 is 0.